The first-order valence-electron chi connectivity index (χ1n) is 9.47. The largest absolute Gasteiger partial charge is 0.339 e. The van der Waals surface area contributed by atoms with Gasteiger partial charge in [-0.2, -0.15) is 5.10 Å². The van der Waals surface area contributed by atoms with Crippen LogP contribution in [0.5, 0.6) is 0 Å². The maximum Gasteiger partial charge on any atom is 0.275 e. The van der Waals surface area contributed by atoms with Crippen molar-refractivity contribution in [2.24, 2.45) is 0 Å². The molecule has 1 aliphatic heterocycles. The van der Waals surface area contributed by atoms with E-state index in [1.54, 1.807) is 33.5 Å². The minimum atomic E-state index is -0.498. The van der Waals surface area contributed by atoms with Crippen LogP contribution in [0.15, 0.2) is 24.3 Å². The van der Waals surface area contributed by atoms with Gasteiger partial charge in [0.15, 0.2) is 5.69 Å². The number of fused-ring (bicyclic) bond motifs is 1. The summed E-state index contributed by atoms with van der Waals surface area (Å²) in [7, 11) is 0. The van der Waals surface area contributed by atoms with Gasteiger partial charge in [0.25, 0.3) is 5.91 Å². The van der Waals surface area contributed by atoms with E-state index in [0.717, 1.165) is 30.5 Å². The average Bonchev–Trinajstić information content (AvgIpc) is 3.26. The standard InChI is InChI=1S/C20H23FN4O2/c1-3-23-10-11-24(13(2)19(23)26)20(27)18-16-8-5-9-17(16)25(22-18)15-7-4-6-14(21)12-15/h4,6-7,12-13H,3,5,8-11H2,1-2H3. The SMILES string of the molecule is CCN1CCN(C(=O)c2nn(-c3cccc(F)c3)c3c2CCC3)C(C)C1=O. The minimum Gasteiger partial charge on any atom is -0.339 e. The van der Waals surface area contributed by atoms with Gasteiger partial charge in [-0.3, -0.25) is 9.59 Å². The van der Waals surface area contributed by atoms with Crippen molar-refractivity contribution in [1.29, 1.82) is 0 Å². The summed E-state index contributed by atoms with van der Waals surface area (Å²) in [5.41, 5.74) is 2.92. The molecule has 1 aromatic carbocycles. The third-order valence-electron chi connectivity index (χ3n) is 5.58. The molecule has 27 heavy (non-hydrogen) atoms. The van der Waals surface area contributed by atoms with Crippen LogP contribution in [0.1, 0.15) is 42.0 Å². The number of aromatic nitrogens is 2. The number of nitrogens with zero attached hydrogens (tertiary/aromatic N) is 4. The zero-order valence-electron chi connectivity index (χ0n) is 15.6. The summed E-state index contributed by atoms with van der Waals surface area (Å²) in [4.78, 5) is 29.1. The summed E-state index contributed by atoms with van der Waals surface area (Å²) in [6.45, 7) is 5.40. The van der Waals surface area contributed by atoms with Gasteiger partial charge in [0, 0.05) is 30.9 Å². The van der Waals surface area contributed by atoms with E-state index in [-0.39, 0.29) is 17.6 Å². The van der Waals surface area contributed by atoms with Gasteiger partial charge in [0.2, 0.25) is 5.91 Å². The van der Waals surface area contributed by atoms with Gasteiger partial charge in [-0.25, -0.2) is 9.07 Å². The van der Waals surface area contributed by atoms with E-state index in [0.29, 0.717) is 31.0 Å². The van der Waals surface area contributed by atoms with E-state index >= 15 is 0 Å². The van der Waals surface area contributed by atoms with Gasteiger partial charge >= 0.3 is 0 Å². The van der Waals surface area contributed by atoms with Crippen LogP contribution in [-0.2, 0) is 17.6 Å². The molecular formula is C20H23FN4O2. The van der Waals surface area contributed by atoms with Gasteiger partial charge in [-0.05, 0) is 51.3 Å². The number of hydrogen-bond donors (Lipinski definition) is 0. The van der Waals surface area contributed by atoms with E-state index in [2.05, 4.69) is 5.10 Å². The topological polar surface area (TPSA) is 58.4 Å². The van der Waals surface area contributed by atoms with Crippen molar-refractivity contribution in [2.45, 2.75) is 39.2 Å². The van der Waals surface area contributed by atoms with Gasteiger partial charge in [-0.1, -0.05) is 6.07 Å². The molecule has 1 unspecified atom stereocenters. The average molecular weight is 370 g/mol. The first-order chi connectivity index (χ1) is 13.0. The highest BCUT2D eigenvalue weighted by Crippen LogP contribution is 2.29. The first kappa shape index (κ1) is 17.7. The Balaban J connectivity index is 1.70. The predicted octanol–water partition coefficient (Wildman–Crippen LogP) is 2.19. The lowest BCUT2D eigenvalue weighted by Gasteiger charge is -2.38. The fourth-order valence-corrected chi connectivity index (χ4v) is 4.09. The van der Waals surface area contributed by atoms with E-state index in [1.165, 1.54) is 12.1 Å². The quantitative estimate of drug-likeness (QED) is 0.832. The summed E-state index contributed by atoms with van der Waals surface area (Å²) in [6.07, 6.45) is 2.54. The molecule has 2 amide bonds. The van der Waals surface area contributed by atoms with Gasteiger partial charge in [0.05, 0.1) is 5.69 Å². The first-order valence-corrected chi connectivity index (χ1v) is 9.47. The molecule has 1 aliphatic carbocycles. The second kappa shape index (κ2) is 6.79. The molecule has 1 saturated heterocycles. The molecule has 0 saturated carbocycles. The highest BCUT2D eigenvalue weighted by atomic mass is 19.1. The fraction of sp³-hybridized carbons (Fsp3) is 0.450. The molecule has 2 aliphatic rings. The van der Waals surface area contributed by atoms with Crippen molar-refractivity contribution in [3.8, 4) is 5.69 Å². The molecule has 0 spiro atoms. The Hall–Kier alpha value is -2.70. The number of amides is 2. The van der Waals surface area contributed by atoms with Crippen molar-refractivity contribution in [3.63, 3.8) is 0 Å². The Kier molecular flexibility index (Phi) is 4.45. The van der Waals surface area contributed by atoms with Crippen molar-refractivity contribution in [2.75, 3.05) is 19.6 Å². The highest BCUT2D eigenvalue weighted by Gasteiger charge is 2.37. The smallest absolute Gasteiger partial charge is 0.275 e. The van der Waals surface area contributed by atoms with E-state index in [1.807, 2.05) is 6.92 Å². The predicted molar refractivity (Wildman–Crippen MR) is 98.3 cm³/mol. The van der Waals surface area contributed by atoms with Gasteiger partial charge in [0.1, 0.15) is 11.9 Å². The van der Waals surface area contributed by atoms with Crippen molar-refractivity contribution < 1.29 is 14.0 Å². The summed E-state index contributed by atoms with van der Waals surface area (Å²) < 4.78 is 15.4. The summed E-state index contributed by atoms with van der Waals surface area (Å²) in [5, 5.41) is 4.55. The third-order valence-corrected chi connectivity index (χ3v) is 5.58. The van der Waals surface area contributed by atoms with E-state index in [4.69, 9.17) is 0 Å². The Morgan fingerprint density at radius 3 is 2.85 bits per heavy atom. The number of piperazine rings is 1. The van der Waals surface area contributed by atoms with Crippen LogP contribution >= 0.6 is 0 Å². The lowest BCUT2D eigenvalue weighted by atomic mass is 10.1. The molecule has 0 radical (unpaired) electrons. The van der Waals surface area contributed by atoms with Crippen LogP contribution in [0.2, 0.25) is 0 Å². The zero-order valence-corrected chi connectivity index (χ0v) is 15.6. The lowest BCUT2D eigenvalue weighted by Crippen LogP contribution is -2.57. The number of halogens is 1. The van der Waals surface area contributed by atoms with Crippen LogP contribution in [0.25, 0.3) is 5.69 Å². The number of carbonyl (C=O) groups is 2. The zero-order chi connectivity index (χ0) is 19.1. The van der Waals surface area contributed by atoms with E-state index < -0.39 is 6.04 Å². The molecule has 0 N–H and O–H groups in total. The van der Waals surface area contributed by atoms with Gasteiger partial charge in [-0.15, -0.1) is 0 Å². The van der Waals surface area contributed by atoms with Crippen LogP contribution < -0.4 is 0 Å². The number of likely N-dealkylation sites (N-methyl/N-ethyl adjacent to an activating group) is 1. The molecule has 2 heterocycles. The van der Waals surface area contributed by atoms with Crippen molar-refractivity contribution in [3.05, 3.63) is 47.0 Å². The van der Waals surface area contributed by atoms with Crippen LogP contribution in [0.4, 0.5) is 4.39 Å². The number of rotatable bonds is 3. The molecule has 1 atom stereocenters. The molecule has 7 heteroatoms. The molecule has 2 aromatic rings. The fourth-order valence-electron chi connectivity index (χ4n) is 4.09. The van der Waals surface area contributed by atoms with Crippen LogP contribution in [0.3, 0.4) is 0 Å². The van der Waals surface area contributed by atoms with Gasteiger partial charge < -0.3 is 9.80 Å². The second-order valence-corrected chi connectivity index (χ2v) is 7.11. The number of hydrogen-bond acceptors (Lipinski definition) is 3. The normalized spacial score (nSPS) is 19.5. The Labute approximate surface area is 157 Å². The highest BCUT2D eigenvalue weighted by molar-refractivity contribution is 5.98. The number of benzene rings is 1. The molecule has 6 nitrogen and oxygen atoms in total. The molecule has 1 aromatic heterocycles. The minimum absolute atomic E-state index is 0.0293. The molecule has 1 fully saturated rings. The van der Waals surface area contributed by atoms with Crippen molar-refractivity contribution in [1.82, 2.24) is 19.6 Å². The Morgan fingerprint density at radius 1 is 1.30 bits per heavy atom. The maximum absolute atomic E-state index is 13.7. The van der Waals surface area contributed by atoms with E-state index in [9.17, 15) is 14.0 Å². The summed E-state index contributed by atoms with van der Waals surface area (Å²) in [6, 6.07) is 5.74. The van der Waals surface area contributed by atoms with Crippen LogP contribution in [-0.4, -0.2) is 57.1 Å². The Bertz CT molecular complexity index is 907. The Morgan fingerprint density at radius 2 is 2.11 bits per heavy atom. The number of carbonyl (C=O) groups excluding carboxylic acids is 2. The lowest BCUT2D eigenvalue weighted by molar-refractivity contribution is -0.139. The molecule has 142 valence electrons. The molecule has 4 rings (SSSR count). The monoisotopic (exact) mass is 370 g/mol. The second-order valence-electron chi connectivity index (χ2n) is 7.11. The summed E-state index contributed by atoms with van der Waals surface area (Å²) >= 11 is 0. The summed E-state index contributed by atoms with van der Waals surface area (Å²) in [5.74, 6) is -0.573. The van der Waals surface area contributed by atoms with Crippen LogP contribution in [0, 0.1) is 5.82 Å². The molecule has 0 bridgehead atoms. The third kappa shape index (κ3) is 2.91. The molecular weight excluding hydrogens is 347 g/mol. The van der Waals surface area contributed by atoms with Crippen molar-refractivity contribution >= 4 is 11.8 Å². The maximum atomic E-state index is 13.7.